The van der Waals surface area contributed by atoms with E-state index in [0.29, 0.717) is 4.90 Å². The topological polar surface area (TPSA) is 84.6 Å². The van der Waals surface area contributed by atoms with Crippen LogP contribution >= 0.6 is 0 Å². The number of aromatic nitrogens is 3. The van der Waals surface area contributed by atoms with Crippen molar-refractivity contribution in [2.75, 3.05) is 18.6 Å². The lowest BCUT2D eigenvalue weighted by Gasteiger charge is -2.34. The van der Waals surface area contributed by atoms with Gasteiger partial charge in [0.15, 0.2) is 11.7 Å². The molecule has 41 heavy (non-hydrogen) atoms. The molecule has 2 aliphatic rings. The molecule has 3 aromatic rings. The average molecular weight is 607 g/mol. The molecule has 1 saturated heterocycles. The van der Waals surface area contributed by atoms with E-state index in [1.165, 1.54) is 18.3 Å². The number of sulfone groups is 1. The molecule has 0 spiro atoms. The second kappa shape index (κ2) is 9.66. The lowest BCUT2D eigenvalue weighted by Crippen LogP contribution is -2.44. The number of alkyl halides is 6. The van der Waals surface area contributed by atoms with Crippen LogP contribution in [0.3, 0.4) is 0 Å². The van der Waals surface area contributed by atoms with Crippen LogP contribution in [0.4, 0.5) is 30.7 Å². The summed E-state index contributed by atoms with van der Waals surface area (Å²) in [7, 11) is -2.33. The molecular weight excluding hydrogens is 581 g/mol. The predicted molar refractivity (Wildman–Crippen MR) is 132 cm³/mol. The Labute approximate surface area is 230 Å². The SMILES string of the molecule is CN(C(=O)C1CCS(=O)(=O)CC1)[C@H](c1ccc([C@@H]2C[C@](C)(C(F)(F)F)c3c2cnc2cc(F)nn32)cc1)C(F)(F)F. The van der Waals surface area contributed by atoms with Crippen LogP contribution in [0.2, 0.25) is 0 Å². The Morgan fingerprint density at radius 1 is 1.10 bits per heavy atom. The lowest BCUT2D eigenvalue weighted by atomic mass is 9.83. The number of rotatable bonds is 4. The highest BCUT2D eigenvalue weighted by Crippen LogP contribution is 2.56. The summed E-state index contributed by atoms with van der Waals surface area (Å²) in [4.78, 5) is 17.5. The number of hydrogen-bond donors (Lipinski definition) is 0. The number of fused-ring (bicyclic) bond motifs is 3. The summed E-state index contributed by atoms with van der Waals surface area (Å²) in [5, 5.41) is 3.56. The van der Waals surface area contributed by atoms with Gasteiger partial charge in [0, 0.05) is 36.7 Å². The van der Waals surface area contributed by atoms with Gasteiger partial charge in [-0.25, -0.2) is 17.9 Å². The average Bonchev–Trinajstić information content (AvgIpc) is 3.40. The van der Waals surface area contributed by atoms with Gasteiger partial charge in [0.25, 0.3) is 0 Å². The van der Waals surface area contributed by atoms with Crippen molar-refractivity contribution >= 4 is 21.4 Å². The fraction of sp³-hybridized carbons (Fsp3) is 0.500. The minimum absolute atomic E-state index is 0.0739. The van der Waals surface area contributed by atoms with Gasteiger partial charge in [-0.1, -0.05) is 24.3 Å². The zero-order chi connectivity index (χ0) is 30.1. The van der Waals surface area contributed by atoms with E-state index < -0.39 is 63.8 Å². The molecule has 222 valence electrons. The third-order valence-corrected chi connectivity index (χ3v) is 9.94. The van der Waals surface area contributed by atoms with E-state index in [9.17, 15) is 43.9 Å². The van der Waals surface area contributed by atoms with Gasteiger partial charge in [-0.15, -0.1) is 5.10 Å². The molecule has 1 amide bonds. The molecule has 3 heterocycles. The summed E-state index contributed by atoms with van der Waals surface area (Å²) in [5.74, 6) is -4.21. The van der Waals surface area contributed by atoms with Crippen LogP contribution in [0.25, 0.3) is 5.65 Å². The predicted octanol–water partition coefficient (Wildman–Crippen LogP) is 5.11. The Hall–Kier alpha value is -3.23. The highest BCUT2D eigenvalue weighted by atomic mass is 32.2. The molecule has 0 N–H and O–H groups in total. The van der Waals surface area contributed by atoms with E-state index >= 15 is 0 Å². The second-order valence-electron chi connectivity index (χ2n) is 10.9. The van der Waals surface area contributed by atoms with Gasteiger partial charge in [0.1, 0.15) is 15.3 Å². The van der Waals surface area contributed by atoms with Gasteiger partial charge in [0.05, 0.1) is 17.2 Å². The van der Waals surface area contributed by atoms with Crippen LogP contribution in [0.1, 0.15) is 60.5 Å². The fourth-order valence-electron chi connectivity index (χ4n) is 5.98. The Balaban J connectivity index is 1.48. The van der Waals surface area contributed by atoms with Crippen LogP contribution in [-0.4, -0.2) is 64.7 Å². The van der Waals surface area contributed by atoms with Crippen molar-refractivity contribution in [1.29, 1.82) is 0 Å². The minimum Gasteiger partial charge on any atom is -0.330 e. The Kier molecular flexibility index (Phi) is 6.90. The molecule has 5 rings (SSSR count). The van der Waals surface area contributed by atoms with Crippen LogP contribution in [-0.2, 0) is 20.0 Å². The fourth-order valence-corrected chi connectivity index (χ4v) is 7.47. The first-order valence-corrected chi connectivity index (χ1v) is 14.5. The van der Waals surface area contributed by atoms with Crippen molar-refractivity contribution < 1.29 is 43.9 Å². The van der Waals surface area contributed by atoms with E-state index in [1.807, 2.05) is 0 Å². The zero-order valence-electron chi connectivity index (χ0n) is 21.8. The van der Waals surface area contributed by atoms with Crippen molar-refractivity contribution in [3.8, 4) is 0 Å². The Bertz CT molecular complexity index is 1590. The first-order valence-electron chi connectivity index (χ1n) is 12.7. The van der Waals surface area contributed by atoms with Crippen LogP contribution < -0.4 is 0 Å². The molecule has 3 atom stereocenters. The van der Waals surface area contributed by atoms with E-state index in [4.69, 9.17) is 0 Å². The highest BCUT2D eigenvalue weighted by molar-refractivity contribution is 7.91. The number of benzene rings is 1. The number of carbonyl (C=O) groups is 1. The number of carbonyl (C=O) groups excluding carboxylic acids is 1. The van der Waals surface area contributed by atoms with E-state index in [1.54, 1.807) is 0 Å². The van der Waals surface area contributed by atoms with Crippen molar-refractivity contribution in [2.45, 2.75) is 55.9 Å². The Morgan fingerprint density at radius 3 is 2.27 bits per heavy atom. The molecule has 1 aliphatic heterocycles. The lowest BCUT2D eigenvalue weighted by molar-refractivity contribution is -0.190. The Morgan fingerprint density at radius 2 is 1.71 bits per heavy atom. The standard InChI is InChI=1S/C26H25F7N4O3S/c1-24(26(31,32)33)12-17(18-13-34-20-11-19(27)35-37(20)22(18)24)14-3-5-15(6-4-14)21(25(28,29)30)36(2)23(38)16-7-9-41(39,40)10-8-16/h3-6,11,13,16-17,21H,7-10,12H2,1-2H3/t17-,21+,24-/m0/s1. The van der Waals surface area contributed by atoms with Crippen LogP contribution in [0.5, 0.6) is 0 Å². The third kappa shape index (κ3) is 5.06. The summed E-state index contributed by atoms with van der Waals surface area (Å²) in [5.41, 5.74) is -2.74. The quantitative estimate of drug-likeness (QED) is 0.386. The van der Waals surface area contributed by atoms with Crippen molar-refractivity contribution in [3.63, 3.8) is 0 Å². The van der Waals surface area contributed by atoms with E-state index in [0.717, 1.165) is 36.7 Å². The van der Waals surface area contributed by atoms with Crippen molar-refractivity contribution in [1.82, 2.24) is 19.5 Å². The normalized spacial score (nSPS) is 23.9. The first kappa shape index (κ1) is 29.3. The minimum atomic E-state index is -4.89. The molecule has 0 saturated carbocycles. The van der Waals surface area contributed by atoms with Gasteiger partial charge in [-0.05, 0) is 37.3 Å². The highest BCUT2D eigenvalue weighted by Gasteiger charge is 2.60. The molecule has 0 radical (unpaired) electrons. The van der Waals surface area contributed by atoms with E-state index in [-0.39, 0.29) is 52.4 Å². The van der Waals surface area contributed by atoms with Gasteiger partial charge in [0.2, 0.25) is 11.9 Å². The van der Waals surface area contributed by atoms with Crippen LogP contribution in [0, 0.1) is 11.9 Å². The molecule has 1 aliphatic carbocycles. The molecular formula is C26H25F7N4O3S. The number of hydrogen-bond acceptors (Lipinski definition) is 5. The molecule has 0 bridgehead atoms. The maximum Gasteiger partial charge on any atom is 0.413 e. The molecule has 2 aromatic heterocycles. The second-order valence-corrected chi connectivity index (χ2v) is 13.2. The van der Waals surface area contributed by atoms with Gasteiger partial charge < -0.3 is 4.90 Å². The maximum absolute atomic E-state index is 14.4. The van der Waals surface area contributed by atoms with Crippen molar-refractivity contribution in [2.24, 2.45) is 5.92 Å². The maximum atomic E-state index is 14.4. The molecule has 1 fully saturated rings. The number of amides is 1. The summed E-state index contributed by atoms with van der Waals surface area (Å²) in [6.07, 6.45) is -9.09. The summed E-state index contributed by atoms with van der Waals surface area (Å²) in [6.45, 7) is 0.968. The summed E-state index contributed by atoms with van der Waals surface area (Å²) >= 11 is 0. The smallest absolute Gasteiger partial charge is 0.330 e. The molecule has 7 nitrogen and oxygen atoms in total. The number of nitrogens with zero attached hydrogens (tertiary/aromatic N) is 4. The van der Waals surface area contributed by atoms with Crippen LogP contribution in [0.15, 0.2) is 36.5 Å². The van der Waals surface area contributed by atoms with Crippen molar-refractivity contribution in [3.05, 3.63) is 64.9 Å². The van der Waals surface area contributed by atoms with Gasteiger partial charge in [-0.2, -0.15) is 30.7 Å². The molecule has 0 unspecified atom stereocenters. The monoisotopic (exact) mass is 606 g/mol. The van der Waals surface area contributed by atoms with Gasteiger partial charge >= 0.3 is 12.4 Å². The summed E-state index contributed by atoms with van der Waals surface area (Å²) < 4.78 is 124. The summed E-state index contributed by atoms with van der Waals surface area (Å²) in [6, 6.07) is 3.34. The number of halogens is 7. The molecule has 15 heteroatoms. The largest absolute Gasteiger partial charge is 0.413 e. The first-order chi connectivity index (χ1) is 18.9. The zero-order valence-corrected chi connectivity index (χ0v) is 22.6. The van der Waals surface area contributed by atoms with Gasteiger partial charge in [-0.3, -0.25) is 4.79 Å². The van der Waals surface area contributed by atoms with E-state index in [2.05, 4.69) is 10.1 Å². The molecule has 1 aromatic carbocycles. The third-order valence-electron chi connectivity index (χ3n) is 8.22.